The molecule has 0 fully saturated rings. The van der Waals surface area contributed by atoms with Crippen LogP contribution in [0.3, 0.4) is 0 Å². The highest BCUT2D eigenvalue weighted by Gasteiger charge is 2.17. The van der Waals surface area contributed by atoms with E-state index in [2.05, 4.69) is 30.2 Å². The minimum Gasteiger partial charge on any atom is -0.495 e. The molecule has 90 valence electrons. The standard InChI is InChI=1S/C13H22N2O/c1-5-6-10(2)13(14-3)11-7-12(16-4)9-15-8-11/h7-10,13-14H,5-6H2,1-4H3. The van der Waals surface area contributed by atoms with Gasteiger partial charge in [0.25, 0.3) is 0 Å². The molecule has 0 saturated carbocycles. The zero-order valence-electron chi connectivity index (χ0n) is 10.7. The SMILES string of the molecule is CCCC(C)C(NC)c1cncc(OC)c1. The molecule has 0 saturated heterocycles. The largest absolute Gasteiger partial charge is 0.495 e. The Balaban J connectivity index is 2.85. The fourth-order valence-corrected chi connectivity index (χ4v) is 2.12. The van der Waals surface area contributed by atoms with Crippen molar-refractivity contribution in [3.63, 3.8) is 0 Å². The molecule has 1 aromatic rings. The summed E-state index contributed by atoms with van der Waals surface area (Å²) in [6.07, 6.45) is 6.07. The second-order valence-electron chi connectivity index (χ2n) is 4.19. The monoisotopic (exact) mass is 222 g/mol. The lowest BCUT2D eigenvalue weighted by Gasteiger charge is -2.23. The molecule has 1 N–H and O–H groups in total. The van der Waals surface area contributed by atoms with Crippen LogP contribution in [0.25, 0.3) is 0 Å². The molecule has 2 atom stereocenters. The summed E-state index contributed by atoms with van der Waals surface area (Å²) in [6.45, 7) is 4.48. The van der Waals surface area contributed by atoms with Crippen molar-refractivity contribution >= 4 is 0 Å². The van der Waals surface area contributed by atoms with Crippen LogP contribution in [-0.4, -0.2) is 19.1 Å². The molecular weight excluding hydrogens is 200 g/mol. The van der Waals surface area contributed by atoms with Gasteiger partial charge >= 0.3 is 0 Å². The van der Waals surface area contributed by atoms with Crippen LogP contribution in [0.1, 0.15) is 38.3 Å². The molecule has 16 heavy (non-hydrogen) atoms. The molecule has 0 aliphatic heterocycles. The van der Waals surface area contributed by atoms with E-state index in [1.165, 1.54) is 18.4 Å². The van der Waals surface area contributed by atoms with E-state index >= 15 is 0 Å². The second-order valence-corrected chi connectivity index (χ2v) is 4.19. The van der Waals surface area contributed by atoms with Gasteiger partial charge in [-0.2, -0.15) is 0 Å². The van der Waals surface area contributed by atoms with Crippen molar-refractivity contribution in [2.45, 2.75) is 32.7 Å². The molecule has 3 heteroatoms. The highest BCUT2D eigenvalue weighted by Crippen LogP contribution is 2.26. The van der Waals surface area contributed by atoms with Gasteiger partial charge in [0.15, 0.2) is 0 Å². The predicted molar refractivity (Wildman–Crippen MR) is 66.7 cm³/mol. The molecule has 0 spiro atoms. The molecule has 3 nitrogen and oxygen atoms in total. The van der Waals surface area contributed by atoms with Crippen molar-refractivity contribution in [2.75, 3.05) is 14.2 Å². The Labute approximate surface area is 98.2 Å². The van der Waals surface area contributed by atoms with Crippen LogP contribution in [0, 0.1) is 5.92 Å². The fraction of sp³-hybridized carbons (Fsp3) is 0.615. The Hall–Kier alpha value is -1.09. The summed E-state index contributed by atoms with van der Waals surface area (Å²) in [6, 6.07) is 2.41. The van der Waals surface area contributed by atoms with Crippen molar-refractivity contribution in [1.29, 1.82) is 0 Å². The molecule has 1 aromatic heterocycles. The van der Waals surface area contributed by atoms with Gasteiger partial charge in [0.2, 0.25) is 0 Å². The third-order valence-corrected chi connectivity index (χ3v) is 2.95. The number of methoxy groups -OCH3 is 1. The number of rotatable bonds is 6. The van der Waals surface area contributed by atoms with Crippen molar-refractivity contribution in [3.8, 4) is 5.75 Å². The molecule has 0 aromatic carbocycles. The van der Waals surface area contributed by atoms with E-state index in [4.69, 9.17) is 4.74 Å². The topological polar surface area (TPSA) is 34.2 Å². The van der Waals surface area contributed by atoms with Crippen LogP contribution in [-0.2, 0) is 0 Å². The Morgan fingerprint density at radius 2 is 2.19 bits per heavy atom. The Bertz CT molecular complexity index is 315. The summed E-state index contributed by atoms with van der Waals surface area (Å²) in [5.74, 6) is 1.42. The number of hydrogen-bond donors (Lipinski definition) is 1. The van der Waals surface area contributed by atoms with Gasteiger partial charge in [0, 0.05) is 12.2 Å². The third-order valence-electron chi connectivity index (χ3n) is 2.95. The van der Waals surface area contributed by atoms with Crippen LogP contribution in [0.5, 0.6) is 5.75 Å². The molecule has 0 radical (unpaired) electrons. The van der Waals surface area contributed by atoms with E-state index in [1.54, 1.807) is 13.3 Å². The smallest absolute Gasteiger partial charge is 0.137 e. The molecule has 0 amide bonds. The van der Waals surface area contributed by atoms with Gasteiger partial charge < -0.3 is 10.1 Å². The van der Waals surface area contributed by atoms with Gasteiger partial charge in [0.05, 0.1) is 13.3 Å². The quantitative estimate of drug-likeness (QED) is 0.803. The van der Waals surface area contributed by atoms with E-state index in [1.807, 2.05) is 13.2 Å². The number of ether oxygens (including phenoxy) is 1. The summed E-state index contributed by atoms with van der Waals surface area (Å²) in [5, 5.41) is 3.36. The first-order valence-corrected chi connectivity index (χ1v) is 5.89. The number of nitrogens with one attached hydrogen (secondary N) is 1. The molecule has 0 aliphatic rings. The molecular formula is C13H22N2O. The van der Waals surface area contributed by atoms with Crippen LogP contribution in [0.4, 0.5) is 0 Å². The fourth-order valence-electron chi connectivity index (χ4n) is 2.12. The first-order chi connectivity index (χ1) is 7.72. The van der Waals surface area contributed by atoms with Crippen LogP contribution in [0.15, 0.2) is 18.5 Å². The maximum atomic E-state index is 5.20. The Kier molecular flexibility index (Phi) is 5.26. The predicted octanol–water partition coefficient (Wildman–Crippen LogP) is 2.79. The Morgan fingerprint density at radius 3 is 2.75 bits per heavy atom. The molecule has 2 unspecified atom stereocenters. The average molecular weight is 222 g/mol. The van der Waals surface area contributed by atoms with Crippen molar-refractivity contribution in [2.24, 2.45) is 5.92 Å². The van der Waals surface area contributed by atoms with Gasteiger partial charge in [-0.3, -0.25) is 4.98 Å². The molecule has 1 rings (SSSR count). The van der Waals surface area contributed by atoms with Crippen LogP contribution >= 0.6 is 0 Å². The minimum absolute atomic E-state index is 0.350. The van der Waals surface area contributed by atoms with E-state index in [9.17, 15) is 0 Å². The zero-order valence-corrected chi connectivity index (χ0v) is 10.7. The summed E-state index contributed by atoms with van der Waals surface area (Å²) in [5.41, 5.74) is 1.20. The molecule has 0 bridgehead atoms. The first-order valence-electron chi connectivity index (χ1n) is 5.89. The highest BCUT2D eigenvalue weighted by molar-refractivity contribution is 5.26. The number of pyridine rings is 1. The highest BCUT2D eigenvalue weighted by atomic mass is 16.5. The minimum atomic E-state index is 0.350. The van der Waals surface area contributed by atoms with E-state index in [-0.39, 0.29) is 0 Å². The normalized spacial score (nSPS) is 14.5. The molecule has 0 aliphatic carbocycles. The summed E-state index contributed by atoms with van der Waals surface area (Å²) >= 11 is 0. The van der Waals surface area contributed by atoms with Gasteiger partial charge in [-0.15, -0.1) is 0 Å². The third kappa shape index (κ3) is 3.20. The van der Waals surface area contributed by atoms with Crippen molar-refractivity contribution in [3.05, 3.63) is 24.0 Å². The number of aromatic nitrogens is 1. The summed E-state index contributed by atoms with van der Waals surface area (Å²) < 4.78 is 5.20. The number of hydrogen-bond acceptors (Lipinski definition) is 3. The maximum Gasteiger partial charge on any atom is 0.137 e. The lowest BCUT2D eigenvalue weighted by Crippen LogP contribution is -2.23. The van der Waals surface area contributed by atoms with Crippen molar-refractivity contribution in [1.82, 2.24) is 10.3 Å². The van der Waals surface area contributed by atoms with Gasteiger partial charge in [0.1, 0.15) is 5.75 Å². The lowest BCUT2D eigenvalue weighted by molar-refractivity contribution is 0.377. The average Bonchev–Trinajstić information content (AvgIpc) is 2.31. The number of nitrogens with zero attached hydrogens (tertiary/aromatic N) is 1. The maximum absolute atomic E-state index is 5.20. The van der Waals surface area contributed by atoms with Gasteiger partial charge in [-0.25, -0.2) is 0 Å². The van der Waals surface area contributed by atoms with E-state index < -0.39 is 0 Å². The summed E-state index contributed by atoms with van der Waals surface area (Å²) in [7, 11) is 3.67. The van der Waals surface area contributed by atoms with Crippen LogP contribution < -0.4 is 10.1 Å². The zero-order chi connectivity index (χ0) is 12.0. The Morgan fingerprint density at radius 1 is 1.44 bits per heavy atom. The van der Waals surface area contributed by atoms with E-state index in [0.29, 0.717) is 12.0 Å². The van der Waals surface area contributed by atoms with Gasteiger partial charge in [-0.1, -0.05) is 20.3 Å². The second kappa shape index (κ2) is 6.48. The van der Waals surface area contributed by atoms with Crippen LogP contribution in [0.2, 0.25) is 0 Å². The van der Waals surface area contributed by atoms with E-state index in [0.717, 1.165) is 5.75 Å². The molecule has 1 heterocycles. The van der Waals surface area contributed by atoms with Gasteiger partial charge in [-0.05, 0) is 31.0 Å². The summed E-state index contributed by atoms with van der Waals surface area (Å²) in [4.78, 5) is 4.20. The van der Waals surface area contributed by atoms with Crippen molar-refractivity contribution < 1.29 is 4.74 Å². The first kappa shape index (κ1) is 13.0. The lowest BCUT2D eigenvalue weighted by atomic mass is 9.92.